The zero-order valence-electron chi connectivity index (χ0n) is 24.4. The van der Waals surface area contributed by atoms with Crippen molar-refractivity contribution >= 4 is 17.2 Å². The maximum absolute atomic E-state index is 3.95. The summed E-state index contributed by atoms with van der Waals surface area (Å²) in [5, 5.41) is 8.80. The second-order valence-corrected chi connectivity index (χ2v) is 16.8. The summed E-state index contributed by atoms with van der Waals surface area (Å²) in [7, 11) is 3.27. The molecule has 4 rings (SSSR count). The minimum Gasteiger partial charge on any atom is -0.748 e. The molecule has 0 amide bonds. The average molecular weight is 585 g/mol. The molecule has 216 valence electrons. The van der Waals surface area contributed by atoms with Crippen LogP contribution >= 0.6 is 17.2 Å². The monoisotopic (exact) mass is 584 g/mol. The normalized spacial score (nSPS) is 22.5. The van der Waals surface area contributed by atoms with Crippen LogP contribution in [0.4, 0.5) is 0 Å². The molecule has 0 saturated carbocycles. The van der Waals surface area contributed by atoms with Gasteiger partial charge in [-0.2, -0.15) is 11.6 Å². The van der Waals surface area contributed by atoms with Gasteiger partial charge in [0.25, 0.3) is 0 Å². The maximum Gasteiger partial charge on any atom is 0.0193 e. The largest absolute Gasteiger partial charge is 0.748 e. The van der Waals surface area contributed by atoms with Gasteiger partial charge in [-0.3, -0.25) is 0 Å². The Hall–Kier alpha value is -0.000519. The molecule has 0 bridgehead atoms. The Labute approximate surface area is 243 Å². The summed E-state index contributed by atoms with van der Waals surface area (Å²) < 4.78 is 0. The third-order valence-corrected chi connectivity index (χ3v) is 14.6. The Kier molecular flexibility index (Phi) is 13.6. The van der Waals surface area contributed by atoms with Gasteiger partial charge in [0.05, 0.1) is 0 Å². The van der Waals surface area contributed by atoms with Gasteiger partial charge in [0.15, 0.2) is 0 Å². The van der Waals surface area contributed by atoms with E-state index in [4.69, 9.17) is 0 Å². The van der Waals surface area contributed by atoms with Gasteiger partial charge in [-0.1, -0.05) is 60.5 Å². The molecule has 2 aliphatic heterocycles. The first-order chi connectivity index (χ1) is 17.2. The van der Waals surface area contributed by atoms with E-state index in [-0.39, 0.29) is 30.1 Å². The van der Waals surface area contributed by atoms with Crippen molar-refractivity contribution < 1.29 is 17.1 Å². The standard InChI is InChI=1S/C27H49N2P2.C5H5.Fe/c1-7-25(3,4)31(26(5,6)8-2)20-21-14-13-15-22(21)27(30,23-16-9-11-18-28-23)24-17-10-12-19-29-24;1-2-4-5-3-1;/h13-15,23-24,28-29H,7-12,16-20,30H2,1-6H3;1-5H;/q-1;-5;. The van der Waals surface area contributed by atoms with Gasteiger partial charge in [-0.25, -0.2) is 12.1 Å². The van der Waals surface area contributed by atoms with Gasteiger partial charge in [0, 0.05) is 34.3 Å². The quantitative estimate of drug-likeness (QED) is 0.175. The minimum absolute atomic E-state index is 0. The van der Waals surface area contributed by atoms with Crippen molar-refractivity contribution in [3.63, 3.8) is 0 Å². The topological polar surface area (TPSA) is 24.1 Å². The summed E-state index contributed by atoms with van der Waals surface area (Å²) >= 11 is 0. The third-order valence-electron chi connectivity index (χ3n) is 9.22. The zero-order valence-corrected chi connectivity index (χ0v) is 27.6. The van der Waals surface area contributed by atoms with Crippen LogP contribution in [0.3, 0.4) is 0 Å². The van der Waals surface area contributed by atoms with E-state index in [1.54, 1.807) is 11.1 Å². The molecule has 0 aromatic heterocycles. The molecular weight excluding hydrogens is 530 g/mol. The summed E-state index contributed by atoms with van der Waals surface area (Å²) in [6.45, 7) is 17.2. The molecule has 2 nitrogen and oxygen atoms in total. The molecule has 2 aliphatic rings. The van der Waals surface area contributed by atoms with E-state index < -0.39 is 0 Å². The minimum atomic E-state index is -0.146. The van der Waals surface area contributed by atoms with E-state index in [0.29, 0.717) is 22.4 Å². The molecule has 37 heavy (non-hydrogen) atoms. The van der Waals surface area contributed by atoms with Crippen LogP contribution in [0.25, 0.3) is 0 Å². The molecule has 5 heteroatoms. The Morgan fingerprint density at radius 3 is 1.70 bits per heavy atom. The SMILES string of the molecule is CCC(C)(C)P(C[c-]1cccc1C(P)(C1CCCCN1)C1CCCCN1)C(C)(C)CC.[Fe].[cH-]1[cH-][cH-][cH-][cH-]1. The molecule has 2 aromatic rings. The fraction of sp³-hybridized carbons (Fsp3) is 0.688. The van der Waals surface area contributed by atoms with Crippen LogP contribution in [0.1, 0.15) is 104 Å². The van der Waals surface area contributed by atoms with Crippen molar-refractivity contribution in [2.75, 3.05) is 13.1 Å². The molecule has 0 aliphatic carbocycles. The molecule has 2 saturated heterocycles. The first-order valence-electron chi connectivity index (χ1n) is 14.6. The molecule has 0 radical (unpaired) electrons. The summed E-state index contributed by atoms with van der Waals surface area (Å²) in [6.07, 6.45) is 11.7. The molecule has 2 heterocycles. The van der Waals surface area contributed by atoms with E-state index in [0.717, 1.165) is 0 Å². The van der Waals surface area contributed by atoms with Crippen LogP contribution in [0.5, 0.6) is 0 Å². The molecule has 2 fully saturated rings. The van der Waals surface area contributed by atoms with Crippen LogP contribution in [0.2, 0.25) is 0 Å². The van der Waals surface area contributed by atoms with Gasteiger partial charge < -0.3 is 41.0 Å². The molecular formula is C32H54FeN2P2-6. The van der Waals surface area contributed by atoms with Crippen molar-refractivity contribution in [1.82, 2.24) is 10.6 Å². The van der Waals surface area contributed by atoms with Crippen molar-refractivity contribution in [2.45, 2.75) is 127 Å². The number of hydrogen-bond acceptors (Lipinski definition) is 2. The van der Waals surface area contributed by atoms with Crippen LogP contribution in [0, 0.1) is 0 Å². The van der Waals surface area contributed by atoms with Crippen molar-refractivity contribution in [3.05, 3.63) is 59.7 Å². The van der Waals surface area contributed by atoms with Gasteiger partial charge >= 0.3 is 0 Å². The molecule has 0 spiro atoms. The van der Waals surface area contributed by atoms with E-state index in [1.165, 1.54) is 70.6 Å². The predicted octanol–water partition coefficient (Wildman–Crippen LogP) is 8.52. The summed E-state index contributed by atoms with van der Waals surface area (Å²) in [4.78, 5) is 0. The first-order valence-corrected chi connectivity index (χ1v) is 16.7. The van der Waals surface area contributed by atoms with Crippen molar-refractivity contribution in [2.24, 2.45) is 0 Å². The van der Waals surface area contributed by atoms with E-state index in [9.17, 15) is 0 Å². The van der Waals surface area contributed by atoms with Gasteiger partial charge in [0.2, 0.25) is 0 Å². The maximum atomic E-state index is 3.95. The van der Waals surface area contributed by atoms with Crippen LogP contribution in [-0.2, 0) is 28.4 Å². The number of nitrogens with one attached hydrogen (secondary N) is 2. The van der Waals surface area contributed by atoms with E-state index in [2.05, 4.69) is 79.6 Å². The van der Waals surface area contributed by atoms with Crippen molar-refractivity contribution in [3.8, 4) is 0 Å². The number of hydrogen-bond donors (Lipinski definition) is 2. The van der Waals surface area contributed by atoms with Gasteiger partial charge in [0.1, 0.15) is 0 Å². The second-order valence-electron chi connectivity index (χ2n) is 12.3. The Balaban J connectivity index is 0.000000716. The first kappa shape index (κ1) is 33.2. The predicted molar refractivity (Wildman–Crippen MR) is 166 cm³/mol. The summed E-state index contributed by atoms with van der Waals surface area (Å²) in [5.74, 6) is 0. The van der Waals surface area contributed by atoms with Crippen LogP contribution in [0.15, 0.2) is 48.5 Å². The summed E-state index contributed by atoms with van der Waals surface area (Å²) in [6, 6.07) is 18.4. The smallest absolute Gasteiger partial charge is 0.0193 e. The van der Waals surface area contributed by atoms with Crippen LogP contribution in [-0.4, -0.2) is 35.5 Å². The van der Waals surface area contributed by atoms with E-state index in [1.807, 2.05) is 30.3 Å². The molecule has 3 unspecified atom stereocenters. The Morgan fingerprint density at radius 2 is 1.32 bits per heavy atom. The number of rotatable bonds is 9. The number of piperidine rings is 2. The van der Waals surface area contributed by atoms with Crippen LogP contribution < -0.4 is 10.6 Å². The summed E-state index contributed by atoms with van der Waals surface area (Å²) in [5.41, 5.74) is 3.24. The molecule has 3 atom stereocenters. The van der Waals surface area contributed by atoms with Gasteiger partial charge in [-0.15, -0.1) is 22.7 Å². The second kappa shape index (κ2) is 15.1. The third kappa shape index (κ3) is 8.26. The Morgan fingerprint density at radius 1 is 0.865 bits per heavy atom. The molecule has 2 N–H and O–H groups in total. The Bertz CT molecular complexity index is 810. The fourth-order valence-electron chi connectivity index (χ4n) is 6.28. The van der Waals surface area contributed by atoms with E-state index >= 15 is 0 Å². The average Bonchev–Trinajstić information content (AvgIpc) is 3.63. The van der Waals surface area contributed by atoms with Crippen molar-refractivity contribution in [1.29, 1.82) is 0 Å². The fourth-order valence-corrected chi connectivity index (χ4v) is 11.0. The van der Waals surface area contributed by atoms with Gasteiger partial charge in [-0.05, 0) is 61.9 Å². The zero-order chi connectivity index (χ0) is 26.2. The molecule has 2 aromatic carbocycles.